The molecule has 0 saturated heterocycles. The Morgan fingerprint density at radius 1 is 1.05 bits per heavy atom. The monoisotopic (exact) mass is 257 g/mol. The summed E-state index contributed by atoms with van der Waals surface area (Å²) in [6.07, 6.45) is 4.50. The highest BCUT2D eigenvalue weighted by Gasteiger charge is 2.06. The van der Waals surface area contributed by atoms with Crippen molar-refractivity contribution in [1.82, 2.24) is 0 Å². The fraction of sp³-hybridized carbons (Fsp3) is 0.444. The lowest BCUT2D eigenvalue weighted by Crippen LogP contribution is -2.02. The number of para-hydroxylation sites is 1. The molecule has 0 fully saturated rings. The molecule has 0 atom stereocenters. The van der Waals surface area contributed by atoms with Gasteiger partial charge in [-0.3, -0.25) is 0 Å². The van der Waals surface area contributed by atoms with Crippen LogP contribution in [0.25, 0.3) is 0 Å². The Labute approximate surface area is 118 Å². The Kier molecular flexibility index (Phi) is 4.99. The molecule has 0 aromatic heterocycles. The third-order valence-electron chi connectivity index (χ3n) is 2.91. The van der Waals surface area contributed by atoms with Crippen molar-refractivity contribution in [3.05, 3.63) is 52.7 Å². The number of nitrogens with one attached hydrogen (secondary N) is 1. The van der Waals surface area contributed by atoms with Crippen LogP contribution in [0.5, 0.6) is 0 Å². The first-order valence-corrected chi connectivity index (χ1v) is 6.90. The van der Waals surface area contributed by atoms with Gasteiger partial charge in [-0.15, -0.1) is 0 Å². The summed E-state index contributed by atoms with van der Waals surface area (Å²) in [6, 6.07) is 6.38. The first-order valence-electron chi connectivity index (χ1n) is 6.90. The SMILES string of the molecule is CC(=C\C(C)(C)C)/C=C(\C)Nc1c(C)cccc1C. The molecule has 0 aliphatic rings. The number of benzene rings is 1. The van der Waals surface area contributed by atoms with Gasteiger partial charge in [-0.25, -0.2) is 0 Å². The maximum Gasteiger partial charge on any atom is 0.0441 e. The molecule has 1 aromatic rings. The lowest BCUT2D eigenvalue weighted by Gasteiger charge is -2.15. The molecule has 1 nitrogen and oxygen atoms in total. The van der Waals surface area contributed by atoms with Gasteiger partial charge < -0.3 is 5.32 Å². The number of hydrogen-bond acceptors (Lipinski definition) is 1. The summed E-state index contributed by atoms with van der Waals surface area (Å²) < 4.78 is 0. The summed E-state index contributed by atoms with van der Waals surface area (Å²) in [5, 5.41) is 3.52. The maximum absolute atomic E-state index is 3.52. The largest absolute Gasteiger partial charge is 0.359 e. The van der Waals surface area contributed by atoms with Crippen LogP contribution in [0.2, 0.25) is 0 Å². The van der Waals surface area contributed by atoms with Gasteiger partial charge in [0, 0.05) is 11.4 Å². The Bertz CT molecular complexity index is 479. The van der Waals surface area contributed by atoms with Crippen LogP contribution in [0, 0.1) is 19.3 Å². The van der Waals surface area contributed by atoms with E-state index in [1.807, 2.05) is 0 Å². The van der Waals surface area contributed by atoms with Gasteiger partial charge in [0.15, 0.2) is 0 Å². The molecule has 1 rings (SSSR count). The fourth-order valence-corrected chi connectivity index (χ4v) is 2.31. The van der Waals surface area contributed by atoms with Crippen LogP contribution < -0.4 is 5.32 Å². The standard InChI is InChI=1S/C18H27N/c1-13(12-18(5,6)7)11-16(4)19-17-14(2)9-8-10-15(17)3/h8-12,19H,1-7H3/b13-12+,16-11+. The molecular formula is C18H27N. The molecule has 0 aliphatic heterocycles. The van der Waals surface area contributed by atoms with Crippen molar-refractivity contribution in [3.8, 4) is 0 Å². The Morgan fingerprint density at radius 2 is 1.58 bits per heavy atom. The Morgan fingerprint density at radius 3 is 2.05 bits per heavy atom. The van der Waals surface area contributed by atoms with Gasteiger partial charge in [-0.1, -0.05) is 50.6 Å². The minimum atomic E-state index is 0.222. The average molecular weight is 257 g/mol. The number of aryl methyl sites for hydroxylation is 2. The highest BCUT2D eigenvalue weighted by molar-refractivity contribution is 5.59. The zero-order valence-corrected chi connectivity index (χ0v) is 13.4. The first-order chi connectivity index (χ1) is 8.69. The molecule has 0 bridgehead atoms. The minimum Gasteiger partial charge on any atom is -0.359 e. The summed E-state index contributed by atoms with van der Waals surface area (Å²) in [5.41, 5.74) is 6.48. The van der Waals surface area contributed by atoms with E-state index < -0.39 is 0 Å². The molecule has 0 amide bonds. The van der Waals surface area contributed by atoms with E-state index in [0.29, 0.717) is 0 Å². The van der Waals surface area contributed by atoms with Crippen molar-refractivity contribution >= 4 is 5.69 Å². The first kappa shape index (κ1) is 15.6. The van der Waals surface area contributed by atoms with Crippen LogP contribution in [0.15, 0.2) is 41.6 Å². The smallest absolute Gasteiger partial charge is 0.0441 e. The summed E-state index contributed by atoms with van der Waals surface area (Å²) >= 11 is 0. The number of hydrogen-bond donors (Lipinski definition) is 1. The second kappa shape index (κ2) is 6.10. The highest BCUT2D eigenvalue weighted by Crippen LogP contribution is 2.22. The van der Waals surface area contributed by atoms with Crippen LogP contribution in [-0.2, 0) is 0 Å². The third kappa shape index (κ3) is 5.34. The van der Waals surface area contributed by atoms with Crippen LogP contribution in [0.4, 0.5) is 5.69 Å². The van der Waals surface area contributed by atoms with E-state index in [9.17, 15) is 0 Å². The summed E-state index contributed by atoms with van der Waals surface area (Å²) in [4.78, 5) is 0. The molecule has 0 spiro atoms. The van der Waals surface area contributed by atoms with Crippen molar-refractivity contribution in [1.29, 1.82) is 0 Å². The molecule has 0 unspecified atom stereocenters. The fourth-order valence-electron chi connectivity index (χ4n) is 2.31. The molecule has 0 radical (unpaired) electrons. The average Bonchev–Trinajstić information content (AvgIpc) is 2.20. The number of rotatable bonds is 3. The zero-order valence-electron chi connectivity index (χ0n) is 13.4. The molecule has 1 aromatic carbocycles. The van der Waals surface area contributed by atoms with Crippen molar-refractivity contribution in [2.75, 3.05) is 5.32 Å². The predicted molar refractivity (Wildman–Crippen MR) is 86.5 cm³/mol. The van der Waals surface area contributed by atoms with Gasteiger partial charge in [0.1, 0.15) is 0 Å². The maximum atomic E-state index is 3.52. The second-order valence-electron chi connectivity index (χ2n) is 6.47. The van der Waals surface area contributed by atoms with Crippen LogP contribution >= 0.6 is 0 Å². The van der Waals surface area contributed by atoms with E-state index in [4.69, 9.17) is 0 Å². The molecule has 0 saturated carbocycles. The van der Waals surface area contributed by atoms with Gasteiger partial charge in [0.05, 0.1) is 0 Å². The summed E-state index contributed by atoms with van der Waals surface area (Å²) in [7, 11) is 0. The minimum absolute atomic E-state index is 0.222. The van der Waals surface area contributed by atoms with E-state index in [1.165, 1.54) is 28.1 Å². The lowest BCUT2D eigenvalue weighted by molar-refractivity contribution is 0.541. The van der Waals surface area contributed by atoms with Crippen molar-refractivity contribution in [3.63, 3.8) is 0 Å². The zero-order chi connectivity index (χ0) is 14.6. The van der Waals surface area contributed by atoms with Gasteiger partial charge in [-0.05, 0) is 50.3 Å². The van der Waals surface area contributed by atoms with Gasteiger partial charge >= 0.3 is 0 Å². The molecular weight excluding hydrogens is 230 g/mol. The van der Waals surface area contributed by atoms with Gasteiger partial charge in [0.25, 0.3) is 0 Å². The van der Waals surface area contributed by atoms with Crippen LogP contribution in [0.3, 0.4) is 0 Å². The number of anilines is 1. The Balaban J connectivity index is 2.91. The molecule has 1 heteroatoms. The highest BCUT2D eigenvalue weighted by atomic mass is 14.9. The summed E-state index contributed by atoms with van der Waals surface area (Å²) in [6.45, 7) is 15.2. The second-order valence-corrected chi connectivity index (χ2v) is 6.47. The molecule has 19 heavy (non-hydrogen) atoms. The number of allylic oxidation sites excluding steroid dienone is 4. The molecule has 0 heterocycles. The normalized spacial score (nSPS) is 13.6. The topological polar surface area (TPSA) is 12.0 Å². The third-order valence-corrected chi connectivity index (χ3v) is 2.91. The quantitative estimate of drug-likeness (QED) is 0.694. The van der Waals surface area contributed by atoms with Crippen molar-refractivity contribution in [2.45, 2.75) is 48.5 Å². The van der Waals surface area contributed by atoms with E-state index in [-0.39, 0.29) is 5.41 Å². The van der Waals surface area contributed by atoms with Crippen LogP contribution in [0.1, 0.15) is 45.7 Å². The predicted octanol–water partition coefficient (Wildman–Crippen LogP) is 5.61. The van der Waals surface area contributed by atoms with E-state index in [1.54, 1.807) is 0 Å². The molecule has 0 aliphatic carbocycles. The molecule has 104 valence electrons. The molecule has 1 N–H and O–H groups in total. The van der Waals surface area contributed by atoms with Crippen molar-refractivity contribution in [2.24, 2.45) is 5.41 Å². The van der Waals surface area contributed by atoms with Crippen molar-refractivity contribution < 1.29 is 0 Å². The van der Waals surface area contributed by atoms with Gasteiger partial charge in [0.2, 0.25) is 0 Å². The van der Waals surface area contributed by atoms with Crippen LogP contribution in [-0.4, -0.2) is 0 Å². The Hall–Kier alpha value is -1.50. The van der Waals surface area contributed by atoms with Gasteiger partial charge in [-0.2, -0.15) is 0 Å². The van der Waals surface area contributed by atoms with E-state index in [0.717, 1.165) is 0 Å². The summed E-state index contributed by atoms with van der Waals surface area (Å²) in [5.74, 6) is 0. The lowest BCUT2D eigenvalue weighted by atomic mass is 9.93. The van der Waals surface area contributed by atoms with E-state index >= 15 is 0 Å². The van der Waals surface area contributed by atoms with E-state index in [2.05, 4.69) is 84.1 Å².